The molecule has 0 atom stereocenters. The Kier molecular flexibility index (Phi) is 8.21. The van der Waals surface area contributed by atoms with E-state index in [2.05, 4.69) is 15.8 Å². The summed E-state index contributed by atoms with van der Waals surface area (Å²) in [5, 5.41) is 9.34. The largest absolute Gasteiger partial charge is 0.383 e. The average Bonchev–Trinajstić information content (AvgIpc) is 3.21. The van der Waals surface area contributed by atoms with Crippen LogP contribution in [0.3, 0.4) is 0 Å². The fraction of sp³-hybridized carbons (Fsp3) is 0.227. The highest BCUT2D eigenvalue weighted by atomic mass is 35.5. The molecule has 174 valence electrons. The van der Waals surface area contributed by atoms with Gasteiger partial charge in [-0.15, -0.1) is 0 Å². The summed E-state index contributed by atoms with van der Waals surface area (Å²) in [6, 6.07) is 14.7. The molecule has 0 aliphatic carbocycles. The van der Waals surface area contributed by atoms with E-state index < -0.39 is 27.4 Å². The SMILES string of the molecule is COCCNC(=O)c1c(CS(=O)(=O)c2ccc(Cl)cc2)noc1C(=O)NCc1ccccc1. The first-order valence-corrected chi connectivity index (χ1v) is 11.9. The van der Waals surface area contributed by atoms with Crippen LogP contribution >= 0.6 is 11.6 Å². The number of hydrogen-bond donors (Lipinski definition) is 2. The van der Waals surface area contributed by atoms with Crippen LogP contribution in [0.1, 0.15) is 32.2 Å². The molecule has 9 nitrogen and oxygen atoms in total. The monoisotopic (exact) mass is 491 g/mol. The van der Waals surface area contributed by atoms with E-state index in [-0.39, 0.29) is 41.6 Å². The zero-order valence-corrected chi connectivity index (χ0v) is 19.3. The van der Waals surface area contributed by atoms with Crippen molar-refractivity contribution in [2.75, 3.05) is 20.3 Å². The van der Waals surface area contributed by atoms with Crippen molar-refractivity contribution in [3.05, 3.63) is 82.2 Å². The Labute approximate surface area is 196 Å². The van der Waals surface area contributed by atoms with Crippen LogP contribution in [0.25, 0.3) is 0 Å². The second-order valence-corrected chi connectivity index (χ2v) is 9.39. The van der Waals surface area contributed by atoms with Gasteiger partial charge in [0.2, 0.25) is 5.76 Å². The van der Waals surface area contributed by atoms with Crippen LogP contribution in [0.2, 0.25) is 5.02 Å². The van der Waals surface area contributed by atoms with E-state index in [9.17, 15) is 18.0 Å². The van der Waals surface area contributed by atoms with Gasteiger partial charge in [0.15, 0.2) is 9.84 Å². The number of halogens is 1. The summed E-state index contributed by atoms with van der Waals surface area (Å²) in [6.45, 7) is 0.559. The lowest BCUT2D eigenvalue weighted by atomic mass is 10.1. The molecule has 0 aliphatic rings. The van der Waals surface area contributed by atoms with Crippen LogP contribution in [-0.4, -0.2) is 45.7 Å². The van der Waals surface area contributed by atoms with Crippen molar-refractivity contribution in [2.45, 2.75) is 17.2 Å². The van der Waals surface area contributed by atoms with E-state index in [1.165, 1.54) is 31.4 Å². The van der Waals surface area contributed by atoms with Crippen LogP contribution in [0.15, 0.2) is 64.0 Å². The van der Waals surface area contributed by atoms with Crippen molar-refractivity contribution in [1.29, 1.82) is 0 Å². The third kappa shape index (κ3) is 6.41. The van der Waals surface area contributed by atoms with E-state index in [0.29, 0.717) is 5.02 Å². The fourth-order valence-electron chi connectivity index (χ4n) is 2.93. The van der Waals surface area contributed by atoms with Crippen molar-refractivity contribution >= 4 is 33.3 Å². The lowest BCUT2D eigenvalue weighted by molar-refractivity contribution is 0.0885. The number of rotatable bonds is 10. The predicted octanol–water partition coefficient (Wildman–Crippen LogP) is 2.61. The highest BCUT2D eigenvalue weighted by Crippen LogP contribution is 2.22. The molecule has 3 aromatic rings. The Bertz CT molecular complexity index is 1210. The third-order valence-electron chi connectivity index (χ3n) is 4.58. The second kappa shape index (κ2) is 11.1. The summed E-state index contributed by atoms with van der Waals surface area (Å²) >= 11 is 5.83. The number of hydrogen-bond acceptors (Lipinski definition) is 7. The van der Waals surface area contributed by atoms with Gasteiger partial charge in [0.1, 0.15) is 17.0 Å². The summed E-state index contributed by atoms with van der Waals surface area (Å²) in [4.78, 5) is 25.6. The molecule has 2 amide bonds. The van der Waals surface area contributed by atoms with E-state index in [0.717, 1.165) is 5.56 Å². The lowest BCUT2D eigenvalue weighted by Gasteiger charge is -2.08. The molecule has 2 N–H and O–H groups in total. The molecule has 0 unspecified atom stereocenters. The minimum absolute atomic E-state index is 0.00396. The van der Waals surface area contributed by atoms with Crippen LogP contribution in [0.5, 0.6) is 0 Å². The molecule has 0 fully saturated rings. The highest BCUT2D eigenvalue weighted by molar-refractivity contribution is 7.90. The standard InChI is InChI=1S/C22H22ClN3O6S/c1-31-12-11-24-21(27)19-18(14-33(29,30)17-9-7-16(23)8-10-17)26-32-20(19)22(28)25-13-15-5-3-2-4-6-15/h2-10H,11-14H2,1H3,(H,24,27)(H,25,28). The van der Waals surface area contributed by atoms with Gasteiger partial charge in [-0.1, -0.05) is 47.1 Å². The number of sulfone groups is 1. The van der Waals surface area contributed by atoms with Crippen LogP contribution < -0.4 is 10.6 Å². The van der Waals surface area contributed by atoms with Gasteiger partial charge in [-0.2, -0.15) is 0 Å². The number of carbonyl (C=O) groups excluding carboxylic acids is 2. The maximum Gasteiger partial charge on any atom is 0.291 e. The Morgan fingerprint density at radius 1 is 1.03 bits per heavy atom. The minimum atomic E-state index is -3.90. The van der Waals surface area contributed by atoms with Crippen molar-refractivity contribution < 1.29 is 27.3 Å². The van der Waals surface area contributed by atoms with Gasteiger partial charge in [0.05, 0.1) is 11.5 Å². The number of carbonyl (C=O) groups is 2. The molecule has 0 aliphatic heterocycles. The molecule has 0 radical (unpaired) electrons. The number of methoxy groups -OCH3 is 1. The molecule has 0 saturated carbocycles. The topological polar surface area (TPSA) is 128 Å². The first kappa shape index (κ1) is 24.4. The fourth-order valence-corrected chi connectivity index (χ4v) is 4.33. The number of amides is 2. The van der Waals surface area contributed by atoms with Crippen LogP contribution in [0, 0.1) is 0 Å². The zero-order chi connectivity index (χ0) is 23.8. The highest BCUT2D eigenvalue weighted by Gasteiger charge is 2.30. The lowest BCUT2D eigenvalue weighted by Crippen LogP contribution is -2.31. The molecular formula is C22H22ClN3O6S. The Morgan fingerprint density at radius 2 is 1.73 bits per heavy atom. The summed E-state index contributed by atoms with van der Waals surface area (Å²) in [7, 11) is -2.43. The number of nitrogens with zero attached hydrogens (tertiary/aromatic N) is 1. The Balaban J connectivity index is 1.88. The normalized spacial score (nSPS) is 11.2. The first-order chi connectivity index (χ1) is 15.8. The number of benzene rings is 2. The van der Waals surface area contributed by atoms with Gasteiger partial charge >= 0.3 is 0 Å². The smallest absolute Gasteiger partial charge is 0.291 e. The maximum absolute atomic E-state index is 12.9. The van der Waals surface area contributed by atoms with Gasteiger partial charge in [0.25, 0.3) is 11.8 Å². The zero-order valence-electron chi connectivity index (χ0n) is 17.7. The van der Waals surface area contributed by atoms with Gasteiger partial charge in [0, 0.05) is 25.2 Å². The molecule has 2 aromatic carbocycles. The van der Waals surface area contributed by atoms with Crippen molar-refractivity contribution in [3.8, 4) is 0 Å². The predicted molar refractivity (Wildman–Crippen MR) is 121 cm³/mol. The van der Waals surface area contributed by atoms with Crippen LogP contribution in [0.4, 0.5) is 0 Å². The molecule has 11 heteroatoms. The number of nitrogens with one attached hydrogen (secondary N) is 2. The third-order valence-corrected chi connectivity index (χ3v) is 6.48. The number of ether oxygens (including phenoxy) is 1. The maximum atomic E-state index is 12.9. The van der Waals surface area contributed by atoms with E-state index in [1.54, 1.807) is 0 Å². The summed E-state index contributed by atoms with van der Waals surface area (Å²) in [5.74, 6) is -2.41. The van der Waals surface area contributed by atoms with E-state index in [1.807, 2.05) is 30.3 Å². The summed E-state index contributed by atoms with van der Waals surface area (Å²) < 4.78 is 35.8. The van der Waals surface area contributed by atoms with Crippen molar-refractivity contribution in [1.82, 2.24) is 15.8 Å². The molecule has 1 aromatic heterocycles. The first-order valence-electron chi connectivity index (χ1n) is 9.88. The quantitative estimate of drug-likeness (QED) is 0.417. The second-order valence-electron chi connectivity index (χ2n) is 6.96. The summed E-state index contributed by atoms with van der Waals surface area (Å²) in [6.07, 6.45) is 0. The molecule has 0 saturated heterocycles. The van der Waals surface area contributed by atoms with Crippen molar-refractivity contribution in [3.63, 3.8) is 0 Å². The molecule has 3 rings (SSSR count). The van der Waals surface area contributed by atoms with E-state index in [4.69, 9.17) is 20.9 Å². The molecule has 0 spiro atoms. The Hall–Kier alpha value is -3.21. The molecule has 33 heavy (non-hydrogen) atoms. The molecular weight excluding hydrogens is 470 g/mol. The van der Waals surface area contributed by atoms with Gasteiger partial charge in [-0.05, 0) is 29.8 Å². The summed E-state index contributed by atoms with van der Waals surface area (Å²) in [5.41, 5.74) is 0.418. The van der Waals surface area contributed by atoms with Crippen molar-refractivity contribution in [2.24, 2.45) is 0 Å². The van der Waals surface area contributed by atoms with Crippen LogP contribution in [-0.2, 0) is 26.9 Å². The van der Waals surface area contributed by atoms with E-state index >= 15 is 0 Å². The van der Waals surface area contributed by atoms with Gasteiger partial charge < -0.3 is 19.9 Å². The number of aromatic nitrogens is 1. The van der Waals surface area contributed by atoms with Gasteiger partial charge in [-0.25, -0.2) is 8.42 Å². The average molecular weight is 492 g/mol. The van der Waals surface area contributed by atoms with Gasteiger partial charge in [-0.3, -0.25) is 9.59 Å². The molecule has 1 heterocycles. The molecule has 0 bridgehead atoms. The minimum Gasteiger partial charge on any atom is -0.383 e. The Morgan fingerprint density at radius 3 is 2.39 bits per heavy atom.